The molecule has 0 aliphatic carbocycles. The summed E-state index contributed by atoms with van der Waals surface area (Å²) in [4.78, 5) is 20.0. The zero-order valence-electron chi connectivity index (χ0n) is 22.5. The van der Waals surface area contributed by atoms with E-state index in [-0.39, 0.29) is 22.2 Å². The number of anilines is 1. The number of guanidine groups is 1. The Morgan fingerprint density at radius 3 is 1.58 bits per heavy atom. The van der Waals surface area contributed by atoms with Crippen LogP contribution in [-0.4, -0.2) is 43.0 Å². The van der Waals surface area contributed by atoms with Crippen LogP contribution in [0.1, 0.15) is 61.0 Å². The highest BCUT2D eigenvalue weighted by molar-refractivity contribution is 6.02. The molecule has 0 saturated carbocycles. The molecular formula is C30H34N6. The third-order valence-corrected chi connectivity index (χ3v) is 8.75. The maximum atomic E-state index is 10.3. The minimum atomic E-state index is -0.379. The van der Waals surface area contributed by atoms with E-state index in [0.717, 1.165) is 17.1 Å². The monoisotopic (exact) mass is 478 g/mol. The molecule has 1 aromatic heterocycles. The lowest BCUT2D eigenvalue weighted by molar-refractivity contribution is 0.0528. The Morgan fingerprint density at radius 1 is 0.667 bits per heavy atom. The number of rotatable bonds is 3. The second-order valence-corrected chi connectivity index (χ2v) is 11.8. The van der Waals surface area contributed by atoms with Crippen molar-refractivity contribution >= 4 is 11.9 Å². The van der Waals surface area contributed by atoms with Gasteiger partial charge in [-0.15, -0.1) is 0 Å². The van der Waals surface area contributed by atoms with Crippen LogP contribution in [0.4, 0.5) is 5.95 Å². The highest BCUT2D eigenvalue weighted by Gasteiger charge is 2.66. The van der Waals surface area contributed by atoms with Crippen LogP contribution >= 0.6 is 0 Å². The van der Waals surface area contributed by atoms with Crippen LogP contribution in [0.15, 0.2) is 65.7 Å². The molecular weight excluding hydrogens is 444 g/mol. The second-order valence-electron chi connectivity index (χ2n) is 11.8. The number of aliphatic imine (C=N–C) groups is 1. The van der Waals surface area contributed by atoms with Gasteiger partial charge in [0.2, 0.25) is 11.9 Å². The predicted molar refractivity (Wildman–Crippen MR) is 146 cm³/mol. The van der Waals surface area contributed by atoms with Crippen molar-refractivity contribution in [3.05, 3.63) is 66.2 Å². The minimum Gasteiger partial charge on any atom is -0.327 e. The maximum Gasteiger partial charge on any atom is 0.234 e. The number of hydrogen-bond acceptors (Lipinski definition) is 6. The largest absolute Gasteiger partial charge is 0.327 e. The van der Waals surface area contributed by atoms with E-state index in [1.165, 1.54) is 0 Å². The van der Waals surface area contributed by atoms with Gasteiger partial charge in [0.15, 0.2) is 0 Å². The summed E-state index contributed by atoms with van der Waals surface area (Å²) in [5.41, 5.74) is 2.35. The van der Waals surface area contributed by atoms with Crippen LogP contribution in [0, 0.1) is 11.3 Å². The van der Waals surface area contributed by atoms with E-state index in [0.29, 0.717) is 22.9 Å². The first kappa shape index (κ1) is 24.0. The van der Waals surface area contributed by atoms with Gasteiger partial charge < -0.3 is 4.90 Å². The molecule has 0 spiro atoms. The third-order valence-electron chi connectivity index (χ3n) is 8.75. The molecule has 1 fully saturated rings. The Balaban J connectivity index is 1.83. The van der Waals surface area contributed by atoms with Gasteiger partial charge in [-0.3, -0.25) is 4.90 Å². The summed E-state index contributed by atoms with van der Waals surface area (Å²) >= 11 is 0. The summed E-state index contributed by atoms with van der Waals surface area (Å²) in [5.74, 6) is 1.43. The summed E-state index contributed by atoms with van der Waals surface area (Å²) in [6.07, 6.45) is 0. The topological polar surface area (TPSA) is 68.4 Å². The van der Waals surface area contributed by atoms with Crippen LogP contribution < -0.4 is 4.90 Å². The Kier molecular flexibility index (Phi) is 5.09. The van der Waals surface area contributed by atoms with Crippen molar-refractivity contribution in [1.29, 1.82) is 5.26 Å². The Hall–Kier alpha value is -3.72. The Bertz CT molecular complexity index is 1330. The molecule has 36 heavy (non-hydrogen) atoms. The molecule has 0 radical (unpaired) electrons. The molecule has 0 N–H and O–H groups in total. The van der Waals surface area contributed by atoms with Crippen LogP contribution in [0.5, 0.6) is 0 Å². The number of aromatic nitrogens is 2. The zero-order chi connectivity index (χ0) is 26.1. The van der Waals surface area contributed by atoms with Crippen molar-refractivity contribution in [2.75, 3.05) is 4.90 Å². The highest BCUT2D eigenvalue weighted by Crippen LogP contribution is 2.53. The molecule has 1 saturated heterocycles. The van der Waals surface area contributed by atoms with Gasteiger partial charge >= 0.3 is 0 Å². The number of benzene rings is 2. The van der Waals surface area contributed by atoms with Gasteiger partial charge in [-0.25, -0.2) is 15.0 Å². The summed E-state index contributed by atoms with van der Waals surface area (Å²) in [6, 6.07) is 22.2. The number of hydrogen-bond donors (Lipinski definition) is 0. The normalized spacial score (nSPS) is 20.6. The molecule has 2 aliphatic rings. The van der Waals surface area contributed by atoms with E-state index in [9.17, 15) is 5.26 Å². The van der Waals surface area contributed by atoms with E-state index in [2.05, 4.69) is 71.3 Å². The lowest BCUT2D eigenvalue weighted by Crippen LogP contribution is -2.63. The van der Waals surface area contributed by atoms with Gasteiger partial charge in [0.25, 0.3) is 0 Å². The highest BCUT2D eigenvalue weighted by atomic mass is 15.6. The second kappa shape index (κ2) is 7.64. The fourth-order valence-corrected chi connectivity index (χ4v) is 5.46. The number of nitrogens with zero attached hydrogens (tertiary/aromatic N) is 6. The molecule has 3 aromatic rings. The quantitative estimate of drug-likeness (QED) is 0.443. The average molecular weight is 479 g/mol. The minimum absolute atomic E-state index is 0.213. The Labute approximate surface area is 214 Å². The van der Waals surface area contributed by atoms with Gasteiger partial charge in [-0.05, 0) is 55.4 Å². The molecule has 184 valence electrons. The lowest BCUT2D eigenvalue weighted by Gasteiger charge is -2.50. The molecule has 0 unspecified atom stereocenters. The van der Waals surface area contributed by atoms with Gasteiger partial charge in [-0.2, -0.15) is 5.26 Å². The zero-order valence-corrected chi connectivity index (χ0v) is 22.5. The molecule has 0 amide bonds. The van der Waals surface area contributed by atoms with E-state index < -0.39 is 0 Å². The van der Waals surface area contributed by atoms with Gasteiger partial charge in [0, 0.05) is 11.1 Å². The first-order chi connectivity index (χ1) is 16.8. The summed E-state index contributed by atoms with van der Waals surface area (Å²) < 4.78 is 0. The van der Waals surface area contributed by atoms with Crippen molar-refractivity contribution in [2.45, 2.75) is 77.5 Å². The van der Waals surface area contributed by atoms with Crippen LogP contribution in [-0.2, 0) is 0 Å². The summed E-state index contributed by atoms with van der Waals surface area (Å²) in [5, 5.41) is 10.3. The van der Waals surface area contributed by atoms with E-state index in [1.807, 2.05) is 60.7 Å². The molecule has 0 atom stereocenters. The van der Waals surface area contributed by atoms with Gasteiger partial charge in [0.1, 0.15) is 11.6 Å². The van der Waals surface area contributed by atoms with E-state index in [4.69, 9.17) is 15.0 Å². The van der Waals surface area contributed by atoms with Crippen molar-refractivity contribution in [3.8, 4) is 28.6 Å². The average Bonchev–Trinajstić information content (AvgIpc) is 3.12. The predicted octanol–water partition coefficient (Wildman–Crippen LogP) is 6.29. The number of nitriles is 1. The van der Waals surface area contributed by atoms with E-state index in [1.54, 1.807) is 0 Å². The van der Waals surface area contributed by atoms with E-state index >= 15 is 0 Å². The van der Waals surface area contributed by atoms with Crippen LogP contribution in [0.2, 0.25) is 0 Å². The van der Waals surface area contributed by atoms with Crippen molar-refractivity contribution in [3.63, 3.8) is 0 Å². The van der Waals surface area contributed by atoms with Crippen LogP contribution in [0.25, 0.3) is 22.5 Å². The molecule has 2 aromatic carbocycles. The van der Waals surface area contributed by atoms with Gasteiger partial charge in [0.05, 0.1) is 33.5 Å². The molecule has 6 nitrogen and oxygen atoms in total. The molecule has 2 aliphatic heterocycles. The lowest BCUT2D eigenvalue weighted by atomic mass is 9.76. The first-order valence-corrected chi connectivity index (χ1v) is 12.5. The first-order valence-electron chi connectivity index (χ1n) is 12.5. The van der Waals surface area contributed by atoms with Crippen molar-refractivity contribution in [2.24, 2.45) is 4.99 Å². The molecule has 0 bridgehead atoms. The number of fused-ring (bicyclic) bond motifs is 1. The fourth-order valence-electron chi connectivity index (χ4n) is 5.46. The van der Waals surface area contributed by atoms with Crippen molar-refractivity contribution in [1.82, 2.24) is 14.9 Å². The fraction of sp³-hybridized carbons (Fsp3) is 0.400. The summed E-state index contributed by atoms with van der Waals surface area (Å²) in [6.45, 7) is 17.9. The SMILES string of the molecule is CC1(C)N=C2N(c3nc(-c4ccccc4)c(C#N)c(-c4ccccc4)n3)C(C)(C)C(C)(C)N2C1(C)C. The third kappa shape index (κ3) is 3.12. The molecule has 3 heterocycles. The maximum absolute atomic E-state index is 10.3. The molecule has 6 heteroatoms. The standard InChI is InChI=1S/C30H34N6/c1-27(2)28(3,4)36-26(34-27)35(29(5,6)30(36,7)8)25-32-23(20-15-11-9-12-16-20)22(19-31)24(33-25)21-17-13-10-14-18-21/h9-18H,1-8H3. The Morgan fingerprint density at radius 2 is 1.14 bits per heavy atom. The smallest absolute Gasteiger partial charge is 0.234 e. The van der Waals surface area contributed by atoms with Crippen molar-refractivity contribution < 1.29 is 0 Å². The summed E-state index contributed by atoms with van der Waals surface area (Å²) in [7, 11) is 0. The molecule has 5 rings (SSSR count). The van der Waals surface area contributed by atoms with Gasteiger partial charge in [-0.1, -0.05) is 60.7 Å². The van der Waals surface area contributed by atoms with Crippen LogP contribution in [0.3, 0.4) is 0 Å².